The summed E-state index contributed by atoms with van der Waals surface area (Å²) in [5, 5.41) is 17.7. The highest BCUT2D eigenvalue weighted by Gasteiger charge is 2.47. The second-order valence-electron chi connectivity index (χ2n) is 9.03. The predicted molar refractivity (Wildman–Crippen MR) is 134 cm³/mol. The first-order valence-electron chi connectivity index (χ1n) is 12.5. The molecule has 1 aliphatic rings. The number of hydrogen-bond acceptors (Lipinski definition) is 15. The lowest BCUT2D eigenvalue weighted by Crippen LogP contribution is -2.56. The molecule has 0 aromatic carbocycles. The molecule has 16 nitrogen and oxygen atoms in total. The SMILES string of the molecule is COC[C@@H]1CCCN1/N=C\[C@H](C[N+](=O)[O-])[C@@H](OC(C)=O)[C@@H](OC(C)=O)[C@@H](OC(C)=O)[C@@H](COC(C)=O)OC(C)=O. The molecule has 0 unspecified atom stereocenters. The topological polar surface area (TPSA) is 199 Å². The maximum Gasteiger partial charge on any atom is 0.303 e. The number of nitro groups is 1. The summed E-state index contributed by atoms with van der Waals surface area (Å²) in [5.41, 5.74) is 0. The maximum absolute atomic E-state index is 12.2. The first-order chi connectivity index (χ1) is 18.7. The van der Waals surface area contributed by atoms with Gasteiger partial charge in [0.05, 0.1) is 12.6 Å². The number of ether oxygens (including phenoxy) is 6. The summed E-state index contributed by atoms with van der Waals surface area (Å²) in [6.07, 6.45) is -3.92. The van der Waals surface area contributed by atoms with Crippen molar-refractivity contribution >= 4 is 36.1 Å². The zero-order valence-corrected chi connectivity index (χ0v) is 23.4. The molecular weight excluding hydrogens is 538 g/mol. The van der Waals surface area contributed by atoms with Gasteiger partial charge >= 0.3 is 29.8 Å². The van der Waals surface area contributed by atoms with Crippen molar-refractivity contribution in [1.29, 1.82) is 0 Å². The van der Waals surface area contributed by atoms with Gasteiger partial charge in [-0.1, -0.05) is 0 Å². The summed E-state index contributed by atoms with van der Waals surface area (Å²) >= 11 is 0. The van der Waals surface area contributed by atoms with E-state index in [1.54, 1.807) is 5.01 Å². The first-order valence-corrected chi connectivity index (χ1v) is 12.5. The van der Waals surface area contributed by atoms with E-state index in [9.17, 15) is 34.1 Å². The Balaban J connectivity index is 3.67. The van der Waals surface area contributed by atoms with E-state index in [0.29, 0.717) is 13.2 Å². The third-order valence-corrected chi connectivity index (χ3v) is 5.58. The molecule has 0 aromatic heterocycles. The Labute approximate surface area is 231 Å². The maximum atomic E-state index is 12.2. The Kier molecular flexibility index (Phi) is 14.5. The molecule has 1 fully saturated rings. The summed E-state index contributed by atoms with van der Waals surface area (Å²) in [7, 11) is 1.53. The number of carbonyl (C=O) groups is 5. The number of carbonyl (C=O) groups excluding carboxylic acids is 5. The second kappa shape index (κ2) is 17.0. The zero-order chi connectivity index (χ0) is 30.4. The minimum absolute atomic E-state index is 0.0974. The molecule has 1 rings (SSSR count). The van der Waals surface area contributed by atoms with Crippen LogP contribution in [0.1, 0.15) is 47.5 Å². The van der Waals surface area contributed by atoms with Gasteiger partial charge in [0.1, 0.15) is 12.5 Å². The minimum Gasteiger partial charge on any atom is -0.462 e. The molecule has 0 saturated carbocycles. The van der Waals surface area contributed by atoms with Crippen LogP contribution in [0, 0.1) is 16.0 Å². The normalized spacial score (nSPS) is 18.6. The van der Waals surface area contributed by atoms with Crippen LogP contribution in [0.25, 0.3) is 0 Å². The molecule has 1 heterocycles. The molecule has 6 atom stereocenters. The van der Waals surface area contributed by atoms with Gasteiger partial charge in [-0.05, 0) is 12.8 Å². The Morgan fingerprint density at radius 3 is 1.95 bits per heavy atom. The fourth-order valence-electron chi connectivity index (χ4n) is 4.17. The Hall–Kier alpha value is -3.82. The summed E-state index contributed by atoms with van der Waals surface area (Å²) in [5.74, 6) is -5.74. The molecule has 0 N–H and O–H groups in total. The molecule has 16 heteroatoms. The number of hydrazone groups is 1. The molecule has 0 bridgehead atoms. The molecule has 1 saturated heterocycles. The Morgan fingerprint density at radius 2 is 1.45 bits per heavy atom. The fraction of sp³-hybridized carbons (Fsp3) is 0.750. The monoisotopic (exact) mass is 575 g/mol. The van der Waals surface area contributed by atoms with Crippen LogP contribution in [-0.2, 0) is 52.4 Å². The highest BCUT2D eigenvalue weighted by atomic mass is 16.6. The molecular formula is C24H37N3O13. The van der Waals surface area contributed by atoms with Gasteiger partial charge in [0.2, 0.25) is 6.54 Å². The molecule has 0 amide bonds. The number of esters is 5. The Morgan fingerprint density at radius 1 is 0.900 bits per heavy atom. The van der Waals surface area contributed by atoms with E-state index >= 15 is 0 Å². The van der Waals surface area contributed by atoms with Crippen molar-refractivity contribution in [1.82, 2.24) is 5.01 Å². The van der Waals surface area contributed by atoms with E-state index < -0.39 is 78.3 Å². The van der Waals surface area contributed by atoms with E-state index in [4.69, 9.17) is 28.4 Å². The molecule has 0 aliphatic carbocycles. The van der Waals surface area contributed by atoms with Crippen molar-refractivity contribution in [3.63, 3.8) is 0 Å². The van der Waals surface area contributed by atoms with E-state index in [0.717, 1.165) is 47.5 Å². The van der Waals surface area contributed by atoms with Gasteiger partial charge < -0.3 is 28.4 Å². The Bertz CT molecular complexity index is 941. The van der Waals surface area contributed by atoms with Crippen molar-refractivity contribution in [3.8, 4) is 0 Å². The number of rotatable bonds is 16. The zero-order valence-electron chi connectivity index (χ0n) is 23.4. The van der Waals surface area contributed by atoms with E-state index in [1.807, 2.05) is 0 Å². The molecule has 226 valence electrons. The molecule has 0 radical (unpaired) electrons. The third-order valence-electron chi connectivity index (χ3n) is 5.58. The minimum atomic E-state index is -1.75. The van der Waals surface area contributed by atoms with Crippen LogP contribution in [0.5, 0.6) is 0 Å². The quantitative estimate of drug-likeness (QED) is 0.0798. The van der Waals surface area contributed by atoms with Crippen LogP contribution in [0.15, 0.2) is 5.10 Å². The summed E-state index contributed by atoms with van der Waals surface area (Å²) in [6.45, 7) is 4.57. The lowest BCUT2D eigenvalue weighted by molar-refractivity contribution is -0.487. The van der Waals surface area contributed by atoms with E-state index in [2.05, 4.69) is 5.10 Å². The van der Waals surface area contributed by atoms with Crippen LogP contribution in [0.2, 0.25) is 0 Å². The van der Waals surface area contributed by atoms with Crippen molar-refractivity contribution < 1.29 is 57.3 Å². The van der Waals surface area contributed by atoms with Gasteiger partial charge in [0, 0.05) is 59.4 Å². The van der Waals surface area contributed by atoms with Crippen LogP contribution >= 0.6 is 0 Å². The van der Waals surface area contributed by atoms with Gasteiger partial charge in [-0.2, -0.15) is 5.10 Å². The van der Waals surface area contributed by atoms with E-state index in [-0.39, 0.29) is 6.04 Å². The number of nitrogens with zero attached hydrogens (tertiary/aromatic N) is 3. The van der Waals surface area contributed by atoms with Gasteiger partial charge in [0.15, 0.2) is 24.4 Å². The van der Waals surface area contributed by atoms with E-state index in [1.165, 1.54) is 13.3 Å². The van der Waals surface area contributed by atoms with Gasteiger partial charge in [-0.15, -0.1) is 0 Å². The standard InChI is InChI=1S/C24H37N3O13/c1-14(28)36-13-21(37-15(2)29)23(39-17(4)31)24(40-18(5)32)22(38-16(3)30)19(11-27(33)34)10-25-26-9-7-8-20(26)12-35-6/h10,19-24H,7-9,11-13H2,1-6H3/b25-10-/t19-,20+,21-,22-,23+,24-/m1/s1. The van der Waals surface area contributed by atoms with Crippen LogP contribution in [0.4, 0.5) is 0 Å². The van der Waals surface area contributed by atoms with Crippen molar-refractivity contribution in [3.05, 3.63) is 10.1 Å². The first kappa shape index (κ1) is 34.2. The van der Waals surface area contributed by atoms with Crippen LogP contribution in [-0.4, -0.2) is 110 Å². The average molecular weight is 576 g/mol. The van der Waals surface area contributed by atoms with Gasteiger partial charge in [-0.3, -0.25) is 39.1 Å². The number of methoxy groups -OCH3 is 1. The lowest BCUT2D eigenvalue weighted by Gasteiger charge is -2.36. The van der Waals surface area contributed by atoms with Crippen molar-refractivity contribution in [2.24, 2.45) is 11.0 Å². The highest BCUT2D eigenvalue weighted by Crippen LogP contribution is 2.25. The van der Waals surface area contributed by atoms with Gasteiger partial charge in [0.25, 0.3) is 0 Å². The summed E-state index contributed by atoms with van der Waals surface area (Å²) < 4.78 is 31.5. The van der Waals surface area contributed by atoms with Crippen molar-refractivity contribution in [2.45, 2.75) is 77.9 Å². The fourth-order valence-corrected chi connectivity index (χ4v) is 4.17. The molecule has 0 spiro atoms. The predicted octanol–water partition coefficient (Wildman–Crippen LogP) is 0.266. The van der Waals surface area contributed by atoms with Crippen molar-refractivity contribution in [2.75, 3.05) is 33.4 Å². The van der Waals surface area contributed by atoms with Gasteiger partial charge in [-0.25, -0.2) is 0 Å². The third kappa shape index (κ3) is 12.4. The molecule has 0 aromatic rings. The smallest absolute Gasteiger partial charge is 0.303 e. The number of hydrogen-bond donors (Lipinski definition) is 0. The molecule has 40 heavy (non-hydrogen) atoms. The largest absolute Gasteiger partial charge is 0.462 e. The van der Waals surface area contributed by atoms with Crippen LogP contribution in [0.3, 0.4) is 0 Å². The highest BCUT2D eigenvalue weighted by molar-refractivity contribution is 5.70. The second-order valence-corrected chi connectivity index (χ2v) is 9.03. The summed E-state index contributed by atoms with van der Waals surface area (Å²) in [4.78, 5) is 70.8. The molecule has 1 aliphatic heterocycles. The average Bonchev–Trinajstić information content (AvgIpc) is 3.26. The summed E-state index contributed by atoms with van der Waals surface area (Å²) in [6, 6.07) is -0.0974. The lowest BCUT2D eigenvalue weighted by atomic mass is 9.92. The van der Waals surface area contributed by atoms with Crippen LogP contribution < -0.4 is 0 Å².